The minimum Gasteiger partial charge on any atom is -0.508 e. The van der Waals surface area contributed by atoms with Crippen LogP contribution in [0.5, 0.6) is 5.75 Å². The van der Waals surface area contributed by atoms with E-state index in [4.69, 9.17) is 0 Å². The van der Waals surface area contributed by atoms with Crippen molar-refractivity contribution in [3.63, 3.8) is 0 Å². The van der Waals surface area contributed by atoms with Crippen molar-refractivity contribution in [1.29, 1.82) is 0 Å². The molecule has 4 aliphatic rings. The number of hydrogen-bond acceptors (Lipinski definition) is 6. The Labute approximate surface area is 347 Å². The zero-order valence-corrected chi connectivity index (χ0v) is 34.5. The van der Waals surface area contributed by atoms with E-state index in [-0.39, 0.29) is 29.5 Å². The van der Waals surface area contributed by atoms with E-state index in [1.807, 2.05) is 21.9 Å². The zero-order chi connectivity index (χ0) is 40.8. The van der Waals surface area contributed by atoms with Crippen molar-refractivity contribution in [2.45, 2.75) is 71.1 Å². The molecule has 0 aliphatic carbocycles. The highest BCUT2D eigenvalue weighted by atomic mass is 16.3. The van der Waals surface area contributed by atoms with Crippen molar-refractivity contribution in [3.05, 3.63) is 136 Å². The van der Waals surface area contributed by atoms with Gasteiger partial charge in [-0.1, -0.05) is 36.4 Å². The number of anilines is 2. The first-order valence-electron chi connectivity index (χ1n) is 21.2. The third-order valence-electron chi connectivity index (χ3n) is 13.2. The van der Waals surface area contributed by atoms with Crippen molar-refractivity contribution < 1.29 is 19.5 Å². The maximum Gasteiger partial charge on any atom is 0.259 e. The number of hydrogen-bond donors (Lipinski definition) is 1. The van der Waals surface area contributed by atoms with Gasteiger partial charge in [0.2, 0.25) is 5.91 Å². The highest BCUT2D eigenvalue weighted by molar-refractivity contribution is 6.08. The van der Waals surface area contributed by atoms with Gasteiger partial charge in [0.15, 0.2) is 0 Å². The van der Waals surface area contributed by atoms with Gasteiger partial charge in [0.05, 0.1) is 12.0 Å². The number of carbonyl (C=O) groups is 3. The second kappa shape index (κ2) is 16.1. The van der Waals surface area contributed by atoms with E-state index in [1.54, 1.807) is 36.2 Å². The number of benzene rings is 4. The Hall–Kier alpha value is -5.87. The molecule has 5 heterocycles. The average Bonchev–Trinajstić information content (AvgIpc) is 3.65. The Morgan fingerprint density at radius 2 is 1.49 bits per heavy atom. The SMILES string of the molecule is C[C@@H]1Cc2ccccc2CN1C(=O)c1cc2c(cc1-c1cc(C(=O)N(C)c3ccc(O)cc3)c3n1CCCC3)CCN(C(=O)Cc1ccc(N3CCN(C)CC3)cc1)C2. The van der Waals surface area contributed by atoms with E-state index >= 15 is 4.79 Å². The molecule has 1 atom stereocenters. The van der Waals surface area contributed by atoms with Crippen LogP contribution in [0.3, 0.4) is 0 Å². The Balaban J connectivity index is 1.04. The summed E-state index contributed by atoms with van der Waals surface area (Å²) in [5, 5.41) is 9.89. The minimum atomic E-state index is -0.122. The van der Waals surface area contributed by atoms with Gasteiger partial charge >= 0.3 is 0 Å². The van der Waals surface area contributed by atoms with Crippen molar-refractivity contribution in [2.75, 3.05) is 56.6 Å². The number of likely N-dealkylation sites (N-methyl/N-ethyl adjacent to an activating group) is 1. The van der Waals surface area contributed by atoms with Crippen LogP contribution in [0.4, 0.5) is 11.4 Å². The molecule has 4 aliphatic heterocycles. The number of fused-ring (bicyclic) bond motifs is 3. The molecular formula is C49H54N6O4. The summed E-state index contributed by atoms with van der Waals surface area (Å²) >= 11 is 0. The second-order valence-corrected chi connectivity index (χ2v) is 17.0. The molecule has 10 nitrogen and oxygen atoms in total. The fourth-order valence-electron chi connectivity index (χ4n) is 9.55. The summed E-state index contributed by atoms with van der Waals surface area (Å²) in [4.78, 5) is 53.6. The Bertz CT molecular complexity index is 2390. The number of phenolic OH excluding ortho intramolecular Hbond substituents is 1. The van der Waals surface area contributed by atoms with Crippen LogP contribution in [-0.2, 0) is 50.1 Å². The van der Waals surface area contributed by atoms with Crippen LogP contribution in [-0.4, -0.2) is 95.0 Å². The molecular weight excluding hydrogens is 737 g/mol. The molecule has 0 unspecified atom stereocenters. The third kappa shape index (κ3) is 7.62. The lowest BCUT2D eigenvalue weighted by Crippen LogP contribution is -2.44. The summed E-state index contributed by atoms with van der Waals surface area (Å²) in [6.07, 6.45) is 4.54. The smallest absolute Gasteiger partial charge is 0.259 e. The van der Waals surface area contributed by atoms with Crippen molar-refractivity contribution in [2.24, 2.45) is 0 Å². The summed E-state index contributed by atoms with van der Waals surface area (Å²) in [6.45, 7) is 8.56. The predicted molar refractivity (Wildman–Crippen MR) is 232 cm³/mol. The summed E-state index contributed by atoms with van der Waals surface area (Å²) in [7, 11) is 3.92. The lowest BCUT2D eigenvalue weighted by Gasteiger charge is -2.36. The Morgan fingerprint density at radius 1 is 0.746 bits per heavy atom. The molecule has 1 N–H and O–H groups in total. The number of nitrogens with zero attached hydrogens (tertiary/aromatic N) is 6. The third-order valence-corrected chi connectivity index (χ3v) is 13.2. The number of carbonyl (C=O) groups excluding carboxylic acids is 3. The molecule has 0 saturated carbocycles. The van der Waals surface area contributed by atoms with Gasteiger partial charge in [-0.15, -0.1) is 0 Å². The van der Waals surface area contributed by atoms with Gasteiger partial charge in [0.25, 0.3) is 11.8 Å². The van der Waals surface area contributed by atoms with E-state index in [2.05, 4.69) is 82.9 Å². The van der Waals surface area contributed by atoms with Crippen LogP contribution in [0.15, 0.2) is 91.0 Å². The van der Waals surface area contributed by atoms with Crippen molar-refractivity contribution in [1.82, 2.24) is 19.3 Å². The van der Waals surface area contributed by atoms with Gasteiger partial charge in [0.1, 0.15) is 5.75 Å². The molecule has 1 aromatic heterocycles. The highest BCUT2D eigenvalue weighted by Crippen LogP contribution is 2.38. The van der Waals surface area contributed by atoms with E-state index in [1.165, 1.54) is 11.3 Å². The first kappa shape index (κ1) is 38.6. The molecule has 0 spiro atoms. The molecule has 10 heteroatoms. The molecule has 0 radical (unpaired) electrons. The zero-order valence-electron chi connectivity index (χ0n) is 34.5. The molecule has 1 saturated heterocycles. The van der Waals surface area contributed by atoms with Crippen LogP contribution >= 0.6 is 0 Å². The fraction of sp³-hybridized carbons (Fsp3) is 0.367. The first-order valence-corrected chi connectivity index (χ1v) is 21.2. The van der Waals surface area contributed by atoms with Crippen LogP contribution in [0.1, 0.15) is 74.0 Å². The van der Waals surface area contributed by atoms with Crippen LogP contribution in [0.25, 0.3) is 11.3 Å². The van der Waals surface area contributed by atoms with E-state index in [9.17, 15) is 14.7 Å². The quantitative estimate of drug-likeness (QED) is 0.192. The number of aromatic hydroxyl groups is 1. The Morgan fingerprint density at radius 3 is 2.25 bits per heavy atom. The Kier molecular flexibility index (Phi) is 10.5. The summed E-state index contributed by atoms with van der Waals surface area (Å²) in [5.74, 6) is 0.0768. The number of rotatable bonds is 7. The number of amides is 3. The van der Waals surface area contributed by atoms with Gasteiger partial charge in [-0.3, -0.25) is 14.4 Å². The fourth-order valence-corrected chi connectivity index (χ4v) is 9.55. The molecule has 9 rings (SSSR count). The number of aromatic nitrogens is 1. The largest absolute Gasteiger partial charge is 0.508 e. The minimum absolute atomic E-state index is 0.000623. The topological polar surface area (TPSA) is 92.6 Å². The molecule has 4 aromatic carbocycles. The normalized spacial score (nSPS) is 17.9. The van der Waals surface area contributed by atoms with E-state index < -0.39 is 0 Å². The first-order chi connectivity index (χ1) is 28.6. The maximum absolute atomic E-state index is 15.1. The lowest BCUT2D eigenvalue weighted by molar-refractivity contribution is -0.131. The van der Waals surface area contributed by atoms with Gasteiger partial charge < -0.3 is 34.2 Å². The molecule has 1 fully saturated rings. The van der Waals surface area contributed by atoms with Crippen LogP contribution in [0, 0.1) is 0 Å². The van der Waals surface area contributed by atoms with Crippen molar-refractivity contribution in [3.8, 4) is 17.0 Å². The summed E-state index contributed by atoms with van der Waals surface area (Å²) in [5.41, 5.74) is 11.4. The van der Waals surface area contributed by atoms with Gasteiger partial charge in [0, 0.05) is 99.3 Å². The van der Waals surface area contributed by atoms with Crippen LogP contribution < -0.4 is 9.80 Å². The number of piperazine rings is 1. The van der Waals surface area contributed by atoms with E-state index in [0.717, 1.165) is 97.6 Å². The predicted octanol–water partition coefficient (Wildman–Crippen LogP) is 6.94. The van der Waals surface area contributed by atoms with Crippen molar-refractivity contribution >= 4 is 29.1 Å². The van der Waals surface area contributed by atoms with Gasteiger partial charge in [-0.25, -0.2) is 0 Å². The molecule has 59 heavy (non-hydrogen) atoms. The summed E-state index contributed by atoms with van der Waals surface area (Å²) < 4.78 is 2.27. The molecule has 5 aromatic rings. The van der Waals surface area contributed by atoms with E-state index in [0.29, 0.717) is 49.3 Å². The lowest BCUT2D eigenvalue weighted by atomic mass is 9.89. The van der Waals surface area contributed by atoms with Gasteiger partial charge in [-0.2, -0.15) is 0 Å². The van der Waals surface area contributed by atoms with Gasteiger partial charge in [-0.05, 0) is 128 Å². The molecule has 304 valence electrons. The second-order valence-electron chi connectivity index (χ2n) is 17.0. The highest BCUT2D eigenvalue weighted by Gasteiger charge is 2.33. The standard InChI is InChI=1S/C49H54N6O4/c1-33-26-35-8-4-5-9-37(35)32-55(33)49(59)43-29-38-31-53(47(57)27-34-11-13-40(14-12-34)52-24-22-50(2)23-25-52)21-19-36(38)28-42(43)46-30-44(45-10-6-7-20-54(45)46)48(58)51(3)39-15-17-41(56)18-16-39/h4-5,8-9,11-18,28-30,33,56H,6-7,10,19-27,31-32H2,1-3H3/t33-/m1/s1. The maximum atomic E-state index is 15.1. The van der Waals surface area contributed by atoms with Crippen LogP contribution in [0.2, 0.25) is 0 Å². The monoisotopic (exact) mass is 790 g/mol. The number of phenols is 1. The summed E-state index contributed by atoms with van der Waals surface area (Å²) in [6, 6.07) is 29.7. The molecule has 0 bridgehead atoms. The average molecular weight is 791 g/mol. The molecule has 3 amide bonds.